The van der Waals surface area contributed by atoms with Crippen LogP contribution in [0, 0.1) is 13.8 Å². The van der Waals surface area contributed by atoms with E-state index in [-0.39, 0.29) is 18.6 Å². The van der Waals surface area contributed by atoms with Gasteiger partial charge in [-0.15, -0.1) is 0 Å². The third-order valence-electron chi connectivity index (χ3n) is 4.54. The Morgan fingerprint density at radius 1 is 1.25 bits per heavy atom. The van der Waals surface area contributed by atoms with Crippen LogP contribution in [0.25, 0.3) is 0 Å². The first-order chi connectivity index (χ1) is 13.5. The van der Waals surface area contributed by atoms with Crippen LogP contribution in [0.15, 0.2) is 12.4 Å². The molecule has 2 heterocycles. The van der Waals surface area contributed by atoms with E-state index in [1.807, 2.05) is 20.0 Å². The number of methoxy groups -OCH3 is 1. The molecule has 1 atom stereocenters. The Balaban J connectivity index is 1.98. The van der Waals surface area contributed by atoms with Crippen molar-refractivity contribution >= 4 is 11.8 Å². The standard InChI is InChI=1S/C20H31N5O3/c1-5-7-15(12-26)24-19-17(11-23-20(21)25-19)28-9-6-8-16-14(3)18(27-4)13(2)10-22-16/h10-11,15,26H,5-9,12H2,1-4H3,(H3,21,23,24,25)/t15-/m0/s1. The number of rotatable bonds is 11. The number of aliphatic hydroxyl groups excluding tert-OH is 1. The Labute approximate surface area is 166 Å². The van der Waals surface area contributed by atoms with Crippen molar-refractivity contribution in [1.29, 1.82) is 0 Å². The number of aliphatic hydroxyl groups is 1. The molecule has 0 fully saturated rings. The van der Waals surface area contributed by atoms with E-state index >= 15 is 0 Å². The molecule has 0 aliphatic rings. The summed E-state index contributed by atoms with van der Waals surface area (Å²) in [5.41, 5.74) is 8.80. The van der Waals surface area contributed by atoms with Gasteiger partial charge in [0.25, 0.3) is 0 Å². The van der Waals surface area contributed by atoms with Crippen LogP contribution in [0.5, 0.6) is 11.5 Å². The van der Waals surface area contributed by atoms with Gasteiger partial charge in [0.05, 0.1) is 32.6 Å². The summed E-state index contributed by atoms with van der Waals surface area (Å²) in [7, 11) is 1.68. The maximum absolute atomic E-state index is 9.51. The number of pyridine rings is 1. The van der Waals surface area contributed by atoms with Gasteiger partial charge in [-0.1, -0.05) is 13.3 Å². The van der Waals surface area contributed by atoms with Crippen LogP contribution < -0.4 is 20.5 Å². The van der Waals surface area contributed by atoms with Crippen molar-refractivity contribution < 1.29 is 14.6 Å². The lowest BCUT2D eigenvalue weighted by Gasteiger charge is -2.18. The molecule has 0 spiro atoms. The SMILES string of the molecule is CCC[C@@H](CO)Nc1nc(N)ncc1OCCCc1ncc(C)c(OC)c1C. The molecule has 4 N–H and O–H groups in total. The largest absolute Gasteiger partial charge is 0.496 e. The average Bonchev–Trinajstić information content (AvgIpc) is 2.68. The number of ether oxygens (including phenoxy) is 2. The molecular formula is C20H31N5O3. The van der Waals surface area contributed by atoms with Gasteiger partial charge in [-0.25, -0.2) is 4.98 Å². The Kier molecular flexibility index (Phi) is 8.25. The highest BCUT2D eigenvalue weighted by Gasteiger charge is 2.13. The molecule has 0 amide bonds. The summed E-state index contributed by atoms with van der Waals surface area (Å²) in [6, 6.07) is -0.103. The lowest BCUT2D eigenvalue weighted by molar-refractivity contribution is 0.267. The van der Waals surface area contributed by atoms with Crippen LogP contribution >= 0.6 is 0 Å². The zero-order valence-corrected chi connectivity index (χ0v) is 17.2. The number of nitrogen functional groups attached to an aromatic ring is 1. The highest BCUT2D eigenvalue weighted by molar-refractivity contribution is 5.51. The third-order valence-corrected chi connectivity index (χ3v) is 4.54. The summed E-state index contributed by atoms with van der Waals surface area (Å²) in [6.45, 7) is 6.56. The smallest absolute Gasteiger partial charge is 0.222 e. The van der Waals surface area contributed by atoms with E-state index in [1.165, 1.54) is 0 Å². The second kappa shape index (κ2) is 10.7. The molecule has 0 bridgehead atoms. The van der Waals surface area contributed by atoms with Crippen LogP contribution in [0.4, 0.5) is 11.8 Å². The fraction of sp³-hybridized carbons (Fsp3) is 0.550. The molecular weight excluding hydrogens is 358 g/mol. The maximum atomic E-state index is 9.51. The zero-order chi connectivity index (χ0) is 20.5. The van der Waals surface area contributed by atoms with E-state index in [0.29, 0.717) is 18.2 Å². The monoisotopic (exact) mass is 389 g/mol. The molecule has 0 unspecified atom stereocenters. The zero-order valence-electron chi connectivity index (χ0n) is 17.2. The van der Waals surface area contributed by atoms with Crippen molar-refractivity contribution in [3.8, 4) is 11.5 Å². The number of nitrogens with zero attached hydrogens (tertiary/aromatic N) is 3. The Bertz CT molecular complexity index is 770. The highest BCUT2D eigenvalue weighted by atomic mass is 16.5. The predicted molar refractivity (Wildman–Crippen MR) is 110 cm³/mol. The minimum Gasteiger partial charge on any atom is -0.496 e. The van der Waals surface area contributed by atoms with Crippen molar-refractivity contribution in [3.05, 3.63) is 29.2 Å². The van der Waals surface area contributed by atoms with E-state index in [0.717, 1.165) is 48.3 Å². The normalized spacial score (nSPS) is 11.9. The number of aromatic nitrogens is 3. The maximum Gasteiger partial charge on any atom is 0.222 e. The van der Waals surface area contributed by atoms with Crippen molar-refractivity contribution in [2.45, 2.75) is 52.5 Å². The first-order valence-electron chi connectivity index (χ1n) is 9.61. The summed E-state index contributed by atoms with van der Waals surface area (Å²) in [5, 5.41) is 12.7. The quantitative estimate of drug-likeness (QED) is 0.502. The molecule has 0 saturated heterocycles. The van der Waals surface area contributed by atoms with Crippen molar-refractivity contribution in [2.24, 2.45) is 0 Å². The third kappa shape index (κ3) is 5.69. The van der Waals surface area contributed by atoms with E-state index in [1.54, 1.807) is 13.3 Å². The molecule has 0 aliphatic carbocycles. The summed E-state index contributed by atoms with van der Waals surface area (Å²) in [5.74, 6) is 2.08. The van der Waals surface area contributed by atoms with Gasteiger partial charge in [0.1, 0.15) is 5.75 Å². The van der Waals surface area contributed by atoms with Gasteiger partial charge in [-0.3, -0.25) is 4.98 Å². The number of hydrogen-bond acceptors (Lipinski definition) is 8. The van der Waals surface area contributed by atoms with Crippen molar-refractivity contribution in [3.63, 3.8) is 0 Å². The molecule has 2 aromatic heterocycles. The number of hydrogen-bond donors (Lipinski definition) is 3. The fourth-order valence-corrected chi connectivity index (χ4v) is 3.09. The molecule has 28 heavy (non-hydrogen) atoms. The van der Waals surface area contributed by atoms with Gasteiger partial charge in [-0.2, -0.15) is 4.98 Å². The van der Waals surface area contributed by atoms with E-state index < -0.39 is 0 Å². The van der Waals surface area contributed by atoms with Crippen molar-refractivity contribution in [1.82, 2.24) is 15.0 Å². The van der Waals surface area contributed by atoms with E-state index in [2.05, 4.69) is 27.2 Å². The summed E-state index contributed by atoms with van der Waals surface area (Å²) in [6.07, 6.45) is 6.71. The second-order valence-electron chi connectivity index (χ2n) is 6.75. The first-order valence-corrected chi connectivity index (χ1v) is 9.61. The highest BCUT2D eigenvalue weighted by Crippen LogP contribution is 2.26. The Morgan fingerprint density at radius 3 is 2.71 bits per heavy atom. The minimum atomic E-state index is -0.103. The predicted octanol–water partition coefficient (Wildman–Crippen LogP) is 2.66. The van der Waals surface area contributed by atoms with Crippen LogP contribution in [0.3, 0.4) is 0 Å². The molecule has 8 heteroatoms. The molecule has 0 radical (unpaired) electrons. The van der Waals surface area contributed by atoms with Crippen LogP contribution in [-0.2, 0) is 6.42 Å². The van der Waals surface area contributed by atoms with Gasteiger partial charge in [-0.05, 0) is 33.1 Å². The van der Waals surface area contributed by atoms with E-state index in [9.17, 15) is 5.11 Å². The number of nitrogens with one attached hydrogen (secondary N) is 1. The molecule has 0 aliphatic heterocycles. The fourth-order valence-electron chi connectivity index (χ4n) is 3.09. The molecule has 0 saturated carbocycles. The molecule has 154 valence electrons. The molecule has 0 aromatic carbocycles. The van der Waals surface area contributed by atoms with Crippen LogP contribution in [0.2, 0.25) is 0 Å². The number of anilines is 2. The molecule has 2 aromatic rings. The molecule has 2 rings (SSSR count). The van der Waals surface area contributed by atoms with Gasteiger partial charge >= 0.3 is 0 Å². The Morgan fingerprint density at radius 2 is 2.04 bits per heavy atom. The minimum absolute atomic E-state index is 0.0113. The topological polar surface area (TPSA) is 115 Å². The number of nitrogens with two attached hydrogens (primary N) is 1. The lowest BCUT2D eigenvalue weighted by atomic mass is 10.1. The Hall–Kier alpha value is -2.61. The first kappa shape index (κ1) is 21.7. The van der Waals surface area contributed by atoms with Crippen LogP contribution in [-0.4, -0.2) is 46.4 Å². The average molecular weight is 390 g/mol. The summed E-state index contributed by atoms with van der Waals surface area (Å²) < 4.78 is 11.3. The van der Waals surface area contributed by atoms with Gasteiger partial charge < -0.3 is 25.6 Å². The van der Waals surface area contributed by atoms with Crippen LogP contribution in [0.1, 0.15) is 43.0 Å². The van der Waals surface area contributed by atoms with E-state index in [4.69, 9.17) is 15.2 Å². The molecule has 8 nitrogen and oxygen atoms in total. The summed E-state index contributed by atoms with van der Waals surface area (Å²) in [4.78, 5) is 12.7. The van der Waals surface area contributed by atoms with Gasteiger partial charge in [0.2, 0.25) is 5.95 Å². The second-order valence-corrected chi connectivity index (χ2v) is 6.75. The lowest BCUT2D eigenvalue weighted by Crippen LogP contribution is -2.24. The van der Waals surface area contributed by atoms with Gasteiger partial charge in [0.15, 0.2) is 11.6 Å². The van der Waals surface area contributed by atoms with Gasteiger partial charge in [0, 0.05) is 23.0 Å². The summed E-state index contributed by atoms with van der Waals surface area (Å²) >= 11 is 0. The number of aryl methyl sites for hydroxylation is 2. The van der Waals surface area contributed by atoms with Crippen molar-refractivity contribution in [2.75, 3.05) is 31.4 Å².